The van der Waals surface area contributed by atoms with Crippen LogP contribution >= 0.6 is 0 Å². The summed E-state index contributed by atoms with van der Waals surface area (Å²) in [6.07, 6.45) is 0. The van der Waals surface area contributed by atoms with E-state index < -0.39 is 0 Å². The molecular formula is C11H15N3O2. The SMILES string of the molecule is CN=C(NC)NCc1cccc2c1OCO2. The molecule has 0 saturated heterocycles. The van der Waals surface area contributed by atoms with Gasteiger partial charge in [-0.1, -0.05) is 12.1 Å². The topological polar surface area (TPSA) is 54.9 Å². The predicted molar refractivity (Wildman–Crippen MR) is 61.8 cm³/mol. The molecule has 86 valence electrons. The van der Waals surface area contributed by atoms with Crippen molar-refractivity contribution in [3.63, 3.8) is 0 Å². The lowest BCUT2D eigenvalue weighted by molar-refractivity contribution is 0.173. The molecule has 1 aliphatic rings. The maximum absolute atomic E-state index is 5.41. The number of benzene rings is 1. The maximum atomic E-state index is 5.41. The van der Waals surface area contributed by atoms with Crippen LogP contribution < -0.4 is 20.1 Å². The van der Waals surface area contributed by atoms with Gasteiger partial charge in [0.15, 0.2) is 17.5 Å². The number of nitrogens with zero attached hydrogens (tertiary/aromatic N) is 1. The Morgan fingerprint density at radius 2 is 2.31 bits per heavy atom. The van der Waals surface area contributed by atoms with Crippen molar-refractivity contribution in [3.05, 3.63) is 23.8 Å². The third-order valence-electron chi connectivity index (χ3n) is 2.38. The summed E-state index contributed by atoms with van der Waals surface area (Å²) in [6.45, 7) is 0.952. The zero-order valence-corrected chi connectivity index (χ0v) is 9.41. The standard InChI is InChI=1S/C11H15N3O2/c1-12-11(13-2)14-6-8-4-3-5-9-10(8)16-7-15-9/h3-5H,6-7H2,1-2H3,(H2,12,13,14). The van der Waals surface area contributed by atoms with E-state index in [0.29, 0.717) is 13.3 Å². The number of guanidine groups is 1. The molecule has 1 heterocycles. The average Bonchev–Trinajstić information content (AvgIpc) is 2.79. The Morgan fingerprint density at radius 1 is 1.44 bits per heavy atom. The summed E-state index contributed by atoms with van der Waals surface area (Å²) in [6, 6.07) is 5.86. The van der Waals surface area contributed by atoms with Crippen molar-refractivity contribution < 1.29 is 9.47 Å². The fraction of sp³-hybridized carbons (Fsp3) is 0.364. The highest BCUT2D eigenvalue weighted by Crippen LogP contribution is 2.35. The van der Waals surface area contributed by atoms with E-state index in [4.69, 9.17) is 9.47 Å². The first-order valence-electron chi connectivity index (χ1n) is 5.11. The lowest BCUT2D eigenvalue weighted by Gasteiger charge is -2.10. The highest BCUT2D eigenvalue weighted by atomic mass is 16.7. The van der Waals surface area contributed by atoms with E-state index in [1.165, 1.54) is 0 Å². The monoisotopic (exact) mass is 221 g/mol. The van der Waals surface area contributed by atoms with Crippen molar-refractivity contribution in [1.29, 1.82) is 0 Å². The lowest BCUT2D eigenvalue weighted by Crippen LogP contribution is -2.34. The van der Waals surface area contributed by atoms with Crippen LogP contribution in [0.5, 0.6) is 11.5 Å². The Kier molecular flexibility index (Phi) is 3.14. The Labute approximate surface area is 94.5 Å². The van der Waals surface area contributed by atoms with Gasteiger partial charge in [0.2, 0.25) is 6.79 Å². The molecule has 0 amide bonds. The lowest BCUT2D eigenvalue weighted by atomic mass is 10.2. The third kappa shape index (κ3) is 2.03. The summed E-state index contributed by atoms with van der Waals surface area (Å²) in [5, 5.41) is 6.12. The van der Waals surface area contributed by atoms with Gasteiger partial charge in [0.25, 0.3) is 0 Å². The molecule has 0 spiro atoms. The summed E-state index contributed by atoms with van der Waals surface area (Å²) < 4.78 is 10.7. The van der Waals surface area contributed by atoms with E-state index >= 15 is 0 Å². The predicted octanol–water partition coefficient (Wildman–Crippen LogP) is 0.710. The van der Waals surface area contributed by atoms with Gasteiger partial charge in [-0.05, 0) is 6.07 Å². The van der Waals surface area contributed by atoms with Crippen molar-refractivity contribution in [2.75, 3.05) is 20.9 Å². The average molecular weight is 221 g/mol. The van der Waals surface area contributed by atoms with Gasteiger partial charge in [0.05, 0.1) is 0 Å². The van der Waals surface area contributed by atoms with Gasteiger partial charge in [-0.2, -0.15) is 0 Å². The van der Waals surface area contributed by atoms with E-state index in [9.17, 15) is 0 Å². The second kappa shape index (κ2) is 4.74. The van der Waals surface area contributed by atoms with Crippen LogP contribution in [0.25, 0.3) is 0 Å². The molecule has 0 radical (unpaired) electrons. The minimum atomic E-state index is 0.299. The Balaban J connectivity index is 2.08. The molecule has 0 unspecified atom stereocenters. The molecular weight excluding hydrogens is 206 g/mol. The minimum Gasteiger partial charge on any atom is -0.454 e. The number of ether oxygens (including phenoxy) is 2. The molecule has 0 saturated carbocycles. The van der Waals surface area contributed by atoms with Gasteiger partial charge in [-0.15, -0.1) is 0 Å². The Bertz CT molecular complexity index is 404. The van der Waals surface area contributed by atoms with E-state index in [1.54, 1.807) is 7.05 Å². The molecule has 16 heavy (non-hydrogen) atoms. The van der Waals surface area contributed by atoms with Gasteiger partial charge in [0, 0.05) is 26.2 Å². The Hall–Kier alpha value is -1.91. The number of hydrogen-bond donors (Lipinski definition) is 2. The summed E-state index contributed by atoms with van der Waals surface area (Å²) in [5.41, 5.74) is 1.06. The first-order chi connectivity index (χ1) is 7.85. The molecule has 1 aromatic carbocycles. The number of nitrogens with one attached hydrogen (secondary N) is 2. The first kappa shape index (κ1) is 10.6. The molecule has 0 atom stereocenters. The summed E-state index contributed by atoms with van der Waals surface area (Å²) in [5.74, 6) is 2.37. The molecule has 1 aliphatic heterocycles. The number of aliphatic imine (C=N–C) groups is 1. The molecule has 1 aromatic rings. The fourth-order valence-corrected chi connectivity index (χ4v) is 1.59. The molecule has 0 fully saturated rings. The summed E-state index contributed by atoms with van der Waals surface area (Å²) in [4.78, 5) is 4.04. The van der Waals surface area contributed by atoms with Crippen LogP contribution in [0.4, 0.5) is 0 Å². The van der Waals surface area contributed by atoms with E-state index in [2.05, 4.69) is 15.6 Å². The third-order valence-corrected chi connectivity index (χ3v) is 2.38. The largest absolute Gasteiger partial charge is 0.454 e. The van der Waals surface area contributed by atoms with E-state index in [-0.39, 0.29) is 0 Å². The normalized spacial score (nSPS) is 13.8. The summed E-state index contributed by atoms with van der Waals surface area (Å²) >= 11 is 0. The molecule has 0 aliphatic carbocycles. The van der Waals surface area contributed by atoms with Crippen molar-refractivity contribution >= 4 is 5.96 Å². The number of hydrogen-bond acceptors (Lipinski definition) is 3. The first-order valence-corrected chi connectivity index (χ1v) is 5.11. The highest BCUT2D eigenvalue weighted by Gasteiger charge is 2.16. The van der Waals surface area contributed by atoms with Crippen LogP contribution in [0, 0.1) is 0 Å². The second-order valence-corrected chi connectivity index (χ2v) is 3.33. The van der Waals surface area contributed by atoms with Gasteiger partial charge in [-0.3, -0.25) is 4.99 Å². The van der Waals surface area contributed by atoms with Crippen LogP contribution in [-0.4, -0.2) is 26.8 Å². The van der Waals surface area contributed by atoms with Gasteiger partial charge in [-0.25, -0.2) is 0 Å². The smallest absolute Gasteiger partial charge is 0.231 e. The van der Waals surface area contributed by atoms with Crippen molar-refractivity contribution in [3.8, 4) is 11.5 Å². The molecule has 2 rings (SSSR count). The van der Waals surface area contributed by atoms with Crippen LogP contribution in [0.15, 0.2) is 23.2 Å². The van der Waals surface area contributed by atoms with Gasteiger partial charge >= 0.3 is 0 Å². The fourth-order valence-electron chi connectivity index (χ4n) is 1.59. The molecule has 0 aromatic heterocycles. The van der Waals surface area contributed by atoms with Gasteiger partial charge < -0.3 is 20.1 Å². The van der Waals surface area contributed by atoms with Crippen LogP contribution in [0.3, 0.4) is 0 Å². The van der Waals surface area contributed by atoms with Crippen molar-refractivity contribution in [2.45, 2.75) is 6.54 Å². The molecule has 2 N–H and O–H groups in total. The number of fused-ring (bicyclic) bond motifs is 1. The van der Waals surface area contributed by atoms with Crippen LogP contribution in [0.1, 0.15) is 5.56 Å². The summed E-state index contributed by atoms with van der Waals surface area (Å²) in [7, 11) is 3.55. The molecule has 0 bridgehead atoms. The molecule has 5 nitrogen and oxygen atoms in total. The second-order valence-electron chi connectivity index (χ2n) is 3.33. The Morgan fingerprint density at radius 3 is 3.06 bits per heavy atom. The van der Waals surface area contributed by atoms with Gasteiger partial charge in [0.1, 0.15) is 0 Å². The highest BCUT2D eigenvalue weighted by molar-refractivity contribution is 5.79. The van der Waals surface area contributed by atoms with E-state index in [1.807, 2.05) is 25.2 Å². The number of rotatable bonds is 2. The van der Waals surface area contributed by atoms with E-state index in [0.717, 1.165) is 23.0 Å². The van der Waals surface area contributed by atoms with Crippen molar-refractivity contribution in [2.24, 2.45) is 4.99 Å². The number of para-hydroxylation sites is 1. The molecule has 5 heteroatoms. The zero-order valence-electron chi connectivity index (χ0n) is 9.41. The van der Waals surface area contributed by atoms with Crippen molar-refractivity contribution in [1.82, 2.24) is 10.6 Å². The minimum absolute atomic E-state index is 0.299. The van der Waals surface area contributed by atoms with Crippen LogP contribution in [-0.2, 0) is 6.54 Å². The van der Waals surface area contributed by atoms with Crippen LogP contribution in [0.2, 0.25) is 0 Å². The zero-order chi connectivity index (χ0) is 11.4. The quantitative estimate of drug-likeness (QED) is 0.570. The maximum Gasteiger partial charge on any atom is 0.231 e.